The number of hydrogen-bond donors (Lipinski definition) is 2. The zero-order valence-corrected chi connectivity index (χ0v) is 13.9. The van der Waals surface area contributed by atoms with Gasteiger partial charge in [0.1, 0.15) is 6.54 Å². The van der Waals surface area contributed by atoms with Crippen LogP contribution < -0.4 is 4.90 Å². The highest BCUT2D eigenvalue weighted by molar-refractivity contribution is 5.87. The molecule has 4 nitrogen and oxygen atoms in total. The molecule has 3 rings (SSSR count). The standard InChI is InChI=1S/C20H24N2O2/c23-16-15-21-11-13-22(14-12-21)20(24)19(17-7-3-1-4-8-17)18-9-5-2-6-10-18/h1-10,19,23H,11-16H2/p+1. The van der Waals surface area contributed by atoms with Crippen molar-refractivity contribution in [2.24, 2.45) is 0 Å². The lowest BCUT2D eigenvalue weighted by Crippen LogP contribution is -3.15. The normalized spacial score (nSPS) is 15.7. The van der Waals surface area contributed by atoms with Gasteiger partial charge in [-0.25, -0.2) is 0 Å². The smallest absolute Gasteiger partial charge is 0.234 e. The third-order valence-corrected chi connectivity index (χ3v) is 4.76. The van der Waals surface area contributed by atoms with Crippen molar-refractivity contribution in [3.05, 3.63) is 71.8 Å². The first-order valence-corrected chi connectivity index (χ1v) is 8.62. The minimum absolute atomic E-state index is 0.176. The van der Waals surface area contributed by atoms with Gasteiger partial charge in [0.15, 0.2) is 0 Å². The molecule has 2 N–H and O–H groups in total. The van der Waals surface area contributed by atoms with Gasteiger partial charge < -0.3 is 14.9 Å². The highest BCUT2D eigenvalue weighted by Gasteiger charge is 2.30. The van der Waals surface area contributed by atoms with Gasteiger partial charge in [-0.2, -0.15) is 0 Å². The Hall–Kier alpha value is -2.17. The van der Waals surface area contributed by atoms with Crippen LogP contribution in [0.25, 0.3) is 0 Å². The van der Waals surface area contributed by atoms with E-state index in [1.54, 1.807) is 0 Å². The summed E-state index contributed by atoms with van der Waals surface area (Å²) in [5.41, 5.74) is 2.08. The van der Waals surface area contributed by atoms with E-state index < -0.39 is 0 Å². The summed E-state index contributed by atoms with van der Waals surface area (Å²) >= 11 is 0. The lowest BCUT2D eigenvalue weighted by atomic mass is 9.90. The van der Waals surface area contributed by atoms with Gasteiger partial charge in [-0.15, -0.1) is 0 Å². The highest BCUT2D eigenvalue weighted by atomic mass is 16.3. The molecule has 1 fully saturated rings. The molecule has 1 heterocycles. The van der Waals surface area contributed by atoms with Crippen molar-refractivity contribution in [2.75, 3.05) is 39.3 Å². The van der Waals surface area contributed by atoms with Crippen molar-refractivity contribution in [1.29, 1.82) is 0 Å². The maximum absolute atomic E-state index is 13.2. The van der Waals surface area contributed by atoms with Crippen LogP contribution in [0.2, 0.25) is 0 Å². The quantitative estimate of drug-likeness (QED) is 0.843. The van der Waals surface area contributed by atoms with E-state index in [4.69, 9.17) is 5.11 Å². The molecule has 0 spiro atoms. The second-order valence-corrected chi connectivity index (χ2v) is 6.30. The monoisotopic (exact) mass is 325 g/mol. The average Bonchev–Trinajstić information content (AvgIpc) is 2.64. The maximum atomic E-state index is 13.2. The van der Waals surface area contributed by atoms with Crippen LogP contribution in [0, 0.1) is 0 Å². The number of carbonyl (C=O) groups is 1. The molecular formula is C20H25N2O2+. The van der Waals surface area contributed by atoms with Gasteiger partial charge in [0, 0.05) is 0 Å². The van der Waals surface area contributed by atoms with Gasteiger partial charge in [-0.3, -0.25) is 4.79 Å². The van der Waals surface area contributed by atoms with E-state index in [0.717, 1.165) is 43.9 Å². The molecule has 2 aromatic carbocycles. The molecule has 0 unspecified atom stereocenters. The summed E-state index contributed by atoms with van der Waals surface area (Å²) in [6.45, 7) is 4.29. The lowest BCUT2D eigenvalue weighted by molar-refractivity contribution is -0.904. The van der Waals surface area contributed by atoms with Gasteiger partial charge in [0.25, 0.3) is 0 Å². The van der Waals surface area contributed by atoms with Gasteiger partial charge in [-0.1, -0.05) is 60.7 Å². The summed E-state index contributed by atoms with van der Waals surface area (Å²) in [5, 5.41) is 9.08. The van der Waals surface area contributed by atoms with E-state index >= 15 is 0 Å². The van der Waals surface area contributed by atoms with Crippen LogP contribution in [-0.4, -0.2) is 55.2 Å². The summed E-state index contributed by atoms with van der Waals surface area (Å²) < 4.78 is 0. The van der Waals surface area contributed by atoms with E-state index in [1.807, 2.05) is 65.6 Å². The van der Waals surface area contributed by atoms with E-state index in [0.29, 0.717) is 0 Å². The number of aliphatic hydroxyl groups excluding tert-OH is 1. The average molecular weight is 325 g/mol. The molecule has 0 saturated carbocycles. The SMILES string of the molecule is O=C(C(c1ccccc1)c1ccccc1)N1CC[NH+](CCO)CC1. The predicted octanol–water partition coefficient (Wildman–Crippen LogP) is 0.538. The lowest BCUT2D eigenvalue weighted by Gasteiger charge is -2.34. The highest BCUT2D eigenvalue weighted by Crippen LogP contribution is 2.26. The van der Waals surface area contributed by atoms with Gasteiger partial charge >= 0.3 is 0 Å². The minimum Gasteiger partial charge on any atom is -0.391 e. The summed E-state index contributed by atoms with van der Waals surface area (Å²) in [5.74, 6) is -0.0674. The number of nitrogens with one attached hydrogen (secondary N) is 1. The van der Waals surface area contributed by atoms with Crippen molar-refractivity contribution < 1.29 is 14.8 Å². The molecule has 0 radical (unpaired) electrons. The molecule has 1 amide bonds. The van der Waals surface area contributed by atoms with Crippen LogP contribution in [-0.2, 0) is 4.79 Å². The number of rotatable bonds is 5. The van der Waals surface area contributed by atoms with Crippen molar-refractivity contribution in [2.45, 2.75) is 5.92 Å². The topological polar surface area (TPSA) is 45.0 Å². The Kier molecular flexibility index (Phi) is 5.62. The Morgan fingerprint density at radius 2 is 1.46 bits per heavy atom. The number of hydrogen-bond acceptors (Lipinski definition) is 2. The Morgan fingerprint density at radius 1 is 0.958 bits per heavy atom. The fourth-order valence-electron chi connectivity index (χ4n) is 3.40. The van der Waals surface area contributed by atoms with Crippen LogP contribution in [0.15, 0.2) is 60.7 Å². The fraction of sp³-hybridized carbons (Fsp3) is 0.350. The summed E-state index contributed by atoms with van der Waals surface area (Å²) in [6, 6.07) is 20.0. The van der Waals surface area contributed by atoms with E-state index in [1.165, 1.54) is 4.90 Å². The van der Waals surface area contributed by atoms with E-state index in [-0.39, 0.29) is 18.4 Å². The van der Waals surface area contributed by atoms with Crippen molar-refractivity contribution in [1.82, 2.24) is 4.90 Å². The maximum Gasteiger partial charge on any atom is 0.234 e. The molecule has 0 atom stereocenters. The van der Waals surface area contributed by atoms with E-state index in [9.17, 15) is 4.79 Å². The van der Waals surface area contributed by atoms with Crippen LogP contribution in [0.3, 0.4) is 0 Å². The molecule has 0 aromatic heterocycles. The van der Waals surface area contributed by atoms with Gasteiger partial charge in [0.2, 0.25) is 5.91 Å². The zero-order chi connectivity index (χ0) is 16.8. The second-order valence-electron chi connectivity index (χ2n) is 6.30. The van der Waals surface area contributed by atoms with Crippen LogP contribution in [0.1, 0.15) is 17.0 Å². The first kappa shape index (κ1) is 16.7. The molecule has 24 heavy (non-hydrogen) atoms. The molecule has 4 heteroatoms. The van der Waals surface area contributed by atoms with Crippen LogP contribution >= 0.6 is 0 Å². The van der Waals surface area contributed by atoms with Crippen molar-refractivity contribution in [3.63, 3.8) is 0 Å². The number of benzene rings is 2. The van der Waals surface area contributed by atoms with Crippen molar-refractivity contribution in [3.8, 4) is 0 Å². The molecule has 2 aromatic rings. The van der Waals surface area contributed by atoms with Gasteiger partial charge in [-0.05, 0) is 11.1 Å². The minimum atomic E-state index is -0.244. The Labute approximate surface area is 143 Å². The van der Waals surface area contributed by atoms with E-state index in [2.05, 4.69) is 0 Å². The third-order valence-electron chi connectivity index (χ3n) is 4.76. The second kappa shape index (κ2) is 8.08. The number of nitrogens with zero attached hydrogens (tertiary/aromatic N) is 1. The first-order chi connectivity index (χ1) is 11.8. The molecule has 126 valence electrons. The largest absolute Gasteiger partial charge is 0.391 e. The fourth-order valence-corrected chi connectivity index (χ4v) is 3.40. The Morgan fingerprint density at radius 3 is 1.92 bits per heavy atom. The number of aliphatic hydroxyl groups is 1. The third kappa shape index (κ3) is 3.83. The van der Waals surface area contributed by atoms with Gasteiger partial charge in [0.05, 0.1) is 38.7 Å². The first-order valence-electron chi connectivity index (χ1n) is 8.62. The Balaban J connectivity index is 1.80. The molecule has 1 saturated heterocycles. The predicted molar refractivity (Wildman–Crippen MR) is 94.0 cm³/mol. The number of carbonyl (C=O) groups excluding carboxylic acids is 1. The van der Waals surface area contributed by atoms with Crippen LogP contribution in [0.4, 0.5) is 0 Å². The molecule has 1 aliphatic heterocycles. The summed E-state index contributed by atoms with van der Waals surface area (Å²) in [6.07, 6.45) is 0. The zero-order valence-electron chi connectivity index (χ0n) is 13.9. The number of quaternary nitrogens is 1. The summed E-state index contributed by atoms with van der Waals surface area (Å²) in [7, 11) is 0. The molecule has 0 aliphatic carbocycles. The summed E-state index contributed by atoms with van der Waals surface area (Å²) in [4.78, 5) is 16.6. The Bertz CT molecular complexity index is 598. The van der Waals surface area contributed by atoms with Crippen molar-refractivity contribution >= 4 is 5.91 Å². The number of piperazine rings is 1. The molecular weight excluding hydrogens is 300 g/mol. The number of amides is 1. The van der Waals surface area contributed by atoms with Crippen LogP contribution in [0.5, 0.6) is 0 Å². The molecule has 1 aliphatic rings. The molecule has 0 bridgehead atoms.